The second-order valence-electron chi connectivity index (χ2n) is 8.34. The molecule has 0 saturated carbocycles. The number of fused-ring (bicyclic) bond motifs is 3. The Hall–Kier alpha value is -3.39. The number of amides is 2. The largest absolute Gasteiger partial charge is 0.479 e. The number of aliphatic carboxylic acids is 1. The fourth-order valence-corrected chi connectivity index (χ4v) is 4.03. The van der Waals surface area contributed by atoms with Crippen LogP contribution in [0.3, 0.4) is 0 Å². The summed E-state index contributed by atoms with van der Waals surface area (Å²) in [5, 5.41) is 23.1. The second-order valence-corrected chi connectivity index (χ2v) is 8.34. The molecule has 2 aromatic carbocycles. The Kier molecular flexibility index (Phi) is 8.43. The Labute approximate surface area is 193 Å². The maximum Gasteiger partial charge on any atom is 0.407 e. The molecule has 176 valence electrons. The number of ether oxygens (including phenoxy) is 1. The Morgan fingerprint density at radius 2 is 1.52 bits per heavy atom. The molecule has 2 atom stereocenters. The molecule has 4 N–H and O–H groups in total. The van der Waals surface area contributed by atoms with Crippen LogP contribution in [0.4, 0.5) is 4.79 Å². The highest BCUT2D eigenvalue weighted by Crippen LogP contribution is 2.44. The highest BCUT2D eigenvalue weighted by Gasteiger charge is 2.29. The van der Waals surface area contributed by atoms with Crippen LogP contribution in [0, 0.1) is 5.92 Å². The zero-order valence-electron chi connectivity index (χ0n) is 18.6. The van der Waals surface area contributed by atoms with Crippen LogP contribution < -0.4 is 10.6 Å². The van der Waals surface area contributed by atoms with Crippen molar-refractivity contribution in [1.82, 2.24) is 10.6 Å². The van der Waals surface area contributed by atoms with E-state index in [4.69, 9.17) is 9.84 Å². The van der Waals surface area contributed by atoms with Crippen LogP contribution >= 0.6 is 0 Å². The predicted octanol–water partition coefficient (Wildman–Crippen LogP) is 2.89. The van der Waals surface area contributed by atoms with Crippen LogP contribution in [0.25, 0.3) is 11.1 Å². The maximum absolute atomic E-state index is 12.2. The Bertz CT molecular complexity index is 947. The maximum atomic E-state index is 12.2. The smallest absolute Gasteiger partial charge is 0.407 e. The number of nitrogens with one attached hydrogen (secondary N) is 2. The molecule has 8 heteroatoms. The molecule has 33 heavy (non-hydrogen) atoms. The van der Waals surface area contributed by atoms with Crippen LogP contribution in [0.15, 0.2) is 48.5 Å². The van der Waals surface area contributed by atoms with E-state index in [0.717, 1.165) is 11.1 Å². The van der Waals surface area contributed by atoms with E-state index < -0.39 is 18.2 Å². The van der Waals surface area contributed by atoms with Gasteiger partial charge in [0.25, 0.3) is 0 Å². The first kappa shape index (κ1) is 24.3. The van der Waals surface area contributed by atoms with E-state index in [1.54, 1.807) is 0 Å². The van der Waals surface area contributed by atoms with Crippen LogP contribution in [0.5, 0.6) is 0 Å². The third kappa shape index (κ3) is 6.55. The molecule has 2 aromatic rings. The fraction of sp³-hybridized carbons (Fsp3) is 0.400. The molecule has 1 aliphatic carbocycles. The van der Waals surface area contributed by atoms with Crippen molar-refractivity contribution >= 4 is 18.0 Å². The first-order chi connectivity index (χ1) is 15.9. The van der Waals surface area contributed by atoms with Gasteiger partial charge in [-0.3, -0.25) is 4.79 Å². The van der Waals surface area contributed by atoms with E-state index in [-0.39, 0.29) is 43.7 Å². The average molecular weight is 455 g/mol. The standard InChI is InChI=1S/C25H30N2O6/c1-16(14-23(29)26-13-11-22(28)24(30)31)10-12-27-25(32)33-15-21-19-8-4-2-6-17(19)18-7-3-5-9-20(18)21/h2-9,16,21-22,28H,10-15H2,1H3,(H,26,29)(H,27,32)(H,30,31)/t16?,22-/m0/s1. The number of carboxylic acids is 1. The molecule has 0 saturated heterocycles. The Balaban J connectivity index is 1.37. The van der Waals surface area contributed by atoms with E-state index in [0.29, 0.717) is 13.0 Å². The Morgan fingerprint density at radius 3 is 2.12 bits per heavy atom. The normalized spacial score (nSPS) is 14.0. The summed E-state index contributed by atoms with van der Waals surface area (Å²) in [6, 6.07) is 16.3. The SMILES string of the molecule is CC(CCNC(=O)OCC1c2ccccc2-c2ccccc21)CC(=O)NCC[C@H](O)C(=O)O. The molecule has 8 nitrogen and oxygen atoms in total. The number of aliphatic hydroxyl groups excluding tert-OH is 1. The van der Waals surface area contributed by atoms with Gasteiger partial charge in [0.15, 0.2) is 6.10 Å². The fourth-order valence-electron chi connectivity index (χ4n) is 4.03. The summed E-state index contributed by atoms with van der Waals surface area (Å²) in [7, 11) is 0. The van der Waals surface area contributed by atoms with Gasteiger partial charge >= 0.3 is 12.1 Å². The third-order valence-corrected chi connectivity index (χ3v) is 5.81. The molecule has 1 unspecified atom stereocenters. The van der Waals surface area contributed by atoms with Gasteiger partial charge < -0.3 is 25.6 Å². The van der Waals surface area contributed by atoms with Crippen molar-refractivity contribution < 1.29 is 29.3 Å². The molecular weight excluding hydrogens is 424 g/mol. The van der Waals surface area contributed by atoms with Crippen molar-refractivity contribution in [2.45, 2.75) is 38.2 Å². The van der Waals surface area contributed by atoms with Crippen molar-refractivity contribution in [3.63, 3.8) is 0 Å². The lowest BCUT2D eigenvalue weighted by atomic mass is 9.98. The zero-order valence-corrected chi connectivity index (χ0v) is 18.6. The number of benzene rings is 2. The van der Waals surface area contributed by atoms with E-state index >= 15 is 0 Å². The number of hydrogen-bond acceptors (Lipinski definition) is 5. The van der Waals surface area contributed by atoms with Gasteiger partial charge in [0.1, 0.15) is 6.61 Å². The summed E-state index contributed by atoms with van der Waals surface area (Å²) in [5.41, 5.74) is 4.65. The minimum atomic E-state index is -1.48. The van der Waals surface area contributed by atoms with Gasteiger partial charge in [-0.05, 0) is 34.6 Å². The van der Waals surface area contributed by atoms with Gasteiger partial charge in [-0.2, -0.15) is 0 Å². The molecule has 0 bridgehead atoms. The number of aliphatic hydroxyl groups is 1. The highest BCUT2D eigenvalue weighted by atomic mass is 16.5. The predicted molar refractivity (Wildman–Crippen MR) is 123 cm³/mol. The molecule has 0 aliphatic heterocycles. The summed E-state index contributed by atoms with van der Waals surface area (Å²) in [6.45, 7) is 2.62. The molecule has 0 spiro atoms. The number of carboxylic acid groups (broad SMARTS) is 1. The number of carbonyl (C=O) groups excluding carboxylic acids is 2. The second kappa shape index (κ2) is 11.5. The molecule has 3 rings (SSSR count). The summed E-state index contributed by atoms with van der Waals surface area (Å²) in [4.78, 5) is 34.7. The summed E-state index contributed by atoms with van der Waals surface area (Å²) < 4.78 is 5.50. The molecular formula is C25H30N2O6. The summed E-state index contributed by atoms with van der Waals surface area (Å²) in [6.07, 6.45) is -1.18. The first-order valence-electron chi connectivity index (χ1n) is 11.1. The van der Waals surface area contributed by atoms with Crippen LogP contribution in [-0.4, -0.2) is 54.0 Å². The molecule has 0 radical (unpaired) electrons. The number of carbonyl (C=O) groups is 3. The van der Waals surface area contributed by atoms with E-state index in [1.807, 2.05) is 31.2 Å². The molecule has 2 amide bonds. The Morgan fingerprint density at radius 1 is 0.939 bits per heavy atom. The monoisotopic (exact) mass is 454 g/mol. The quantitative estimate of drug-likeness (QED) is 0.414. The van der Waals surface area contributed by atoms with Gasteiger partial charge in [-0.15, -0.1) is 0 Å². The lowest BCUT2D eigenvalue weighted by Gasteiger charge is -2.15. The van der Waals surface area contributed by atoms with Gasteiger partial charge in [0.05, 0.1) is 0 Å². The van der Waals surface area contributed by atoms with Crippen molar-refractivity contribution in [3.8, 4) is 11.1 Å². The summed E-state index contributed by atoms with van der Waals surface area (Å²) >= 11 is 0. The summed E-state index contributed by atoms with van der Waals surface area (Å²) in [5.74, 6) is -1.51. The van der Waals surface area contributed by atoms with Gasteiger partial charge in [0, 0.05) is 31.8 Å². The molecule has 0 fully saturated rings. The third-order valence-electron chi connectivity index (χ3n) is 5.81. The lowest BCUT2D eigenvalue weighted by molar-refractivity contribution is -0.147. The van der Waals surface area contributed by atoms with Crippen molar-refractivity contribution in [2.24, 2.45) is 5.92 Å². The topological polar surface area (TPSA) is 125 Å². The number of rotatable bonds is 11. The molecule has 0 aromatic heterocycles. The van der Waals surface area contributed by atoms with Crippen LogP contribution in [0.1, 0.15) is 43.2 Å². The average Bonchev–Trinajstić information content (AvgIpc) is 3.11. The van der Waals surface area contributed by atoms with E-state index in [9.17, 15) is 19.5 Å². The lowest BCUT2D eigenvalue weighted by Crippen LogP contribution is -2.31. The van der Waals surface area contributed by atoms with Crippen LogP contribution in [0.2, 0.25) is 0 Å². The van der Waals surface area contributed by atoms with Gasteiger partial charge in [-0.1, -0.05) is 55.5 Å². The highest BCUT2D eigenvalue weighted by molar-refractivity contribution is 5.79. The molecule has 0 heterocycles. The molecule has 1 aliphatic rings. The van der Waals surface area contributed by atoms with Gasteiger partial charge in [-0.25, -0.2) is 9.59 Å². The van der Waals surface area contributed by atoms with Crippen LogP contribution in [-0.2, 0) is 14.3 Å². The van der Waals surface area contributed by atoms with Crippen molar-refractivity contribution in [3.05, 3.63) is 59.7 Å². The van der Waals surface area contributed by atoms with E-state index in [2.05, 4.69) is 34.9 Å². The number of hydrogen-bond donors (Lipinski definition) is 4. The van der Waals surface area contributed by atoms with Gasteiger partial charge in [0.2, 0.25) is 5.91 Å². The minimum absolute atomic E-state index is 0.00501. The zero-order chi connectivity index (χ0) is 23.8. The first-order valence-corrected chi connectivity index (χ1v) is 11.1. The number of alkyl carbamates (subject to hydrolysis) is 1. The van der Waals surface area contributed by atoms with E-state index in [1.165, 1.54) is 11.1 Å². The minimum Gasteiger partial charge on any atom is -0.479 e. The van der Waals surface area contributed by atoms with Crippen molar-refractivity contribution in [1.29, 1.82) is 0 Å². The van der Waals surface area contributed by atoms with Crippen molar-refractivity contribution in [2.75, 3.05) is 19.7 Å².